The summed E-state index contributed by atoms with van der Waals surface area (Å²) in [5.74, 6) is 0.956. The van der Waals surface area contributed by atoms with Crippen LogP contribution in [-0.4, -0.2) is 34.2 Å². The lowest BCUT2D eigenvalue weighted by atomic mass is 10.1. The predicted octanol–water partition coefficient (Wildman–Crippen LogP) is 2.27. The average molecular weight is 350 g/mol. The molecular formula is C18H14N4O4. The number of carbonyl (C=O) groups is 1. The summed E-state index contributed by atoms with van der Waals surface area (Å²) in [4.78, 5) is 12.1. The van der Waals surface area contributed by atoms with E-state index in [1.54, 1.807) is 36.4 Å². The van der Waals surface area contributed by atoms with Gasteiger partial charge in [-0.15, -0.1) is 0 Å². The summed E-state index contributed by atoms with van der Waals surface area (Å²) in [6.07, 6.45) is 1.36. The van der Waals surface area contributed by atoms with E-state index in [4.69, 9.17) is 9.47 Å². The minimum atomic E-state index is -0.448. The maximum atomic E-state index is 12.1. The molecule has 130 valence electrons. The van der Waals surface area contributed by atoms with Crippen molar-refractivity contribution in [1.29, 1.82) is 0 Å². The summed E-state index contributed by atoms with van der Waals surface area (Å²) in [7, 11) is 0. The van der Waals surface area contributed by atoms with Crippen LogP contribution in [0.1, 0.15) is 16.1 Å². The lowest BCUT2D eigenvalue weighted by Gasteiger charge is -1.99. The van der Waals surface area contributed by atoms with Crippen molar-refractivity contribution in [3.63, 3.8) is 0 Å². The van der Waals surface area contributed by atoms with E-state index < -0.39 is 5.91 Å². The van der Waals surface area contributed by atoms with Crippen LogP contribution in [0, 0.1) is 0 Å². The molecule has 0 bridgehead atoms. The minimum absolute atomic E-state index is 0.0807. The molecule has 4 rings (SSSR count). The van der Waals surface area contributed by atoms with Crippen molar-refractivity contribution in [1.82, 2.24) is 15.6 Å². The van der Waals surface area contributed by atoms with Crippen LogP contribution in [0.3, 0.4) is 0 Å². The first-order valence-electron chi connectivity index (χ1n) is 7.77. The van der Waals surface area contributed by atoms with Gasteiger partial charge in [-0.05, 0) is 36.4 Å². The quantitative estimate of drug-likeness (QED) is 0.494. The van der Waals surface area contributed by atoms with Crippen LogP contribution in [0.25, 0.3) is 11.3 Å². The normalized spacial score (nSPS) is 12.5. The second-order valence-corrected chi connectivity index (χ2v) is 5.49. The third kappa shape index (κ3) is 3.07. The van der Waals surface area contributed by atoms with E-state index in [9.17, 15) is 9.90 Å². The van der Waals surface area contributed by atoms with Crippen molar-refractivity contribution in [3.8, 4) is 28.5 Å². The molecule has 0 radical (unpaired) electrons. The number of aromatic amines is 1. The van der Waals surface area contributed by atoms with Crippen LogP contribution in [0.4, 0.5) is 0 Å². The highest BCUT2D eigenvalue weighted by Gasteiger charge is 2.16. The zero-order valence-corrected chi connectivity index (χ0v) is 13.5. The topological polar surface area (TPSA) is 109 Å². The van der Waals surface area contributed by atoms with E-state index in [1.165, 1.54) is 12.3 Å². The van der Waals surface area contributed by atoms with Gasteiger partial charge in [0.05, 0.1) is 11.9 Å². The Kier molecular flexibility index (Phi) is 3.98. The van der Waals surface area contributed by atoms with E-state index in [0.717, 1.165) is 5.56 Å². The molecule has 1 aromatic heterocycles. The number of aromatic hydroxyl groups is 1. The number of benzene rings is 2. The number of nitrogens with zero attached hydrogens (tertiary/aromatic N) is 2. The Morgan fingerprint density at radius 1 is 1.19 bits per heavy atom. The highest BCUT2D eigenvalue weighted by Crippen LogP contribution is 2.35. The van der Waals surface area contributed by atoms with Crippen molar-refractivity contribution < 1.29 is 19.4 Å². The number of hydrazone groups is 1. The molecule has 1 aliphatic rings. The fraction of sp³-hybridized carbons (Fsp3) is 0.0556. The van der Waals surface area contributed by atoms with Crippen LogP contribution in [0.15, 0.2) is 53.6 Å². The van der Waals surface area contributed by atoms with Crippen molar-refractivity contribution in [2.75, 3.05) is 6.79 Å². The van der Waals surface area contributed by atoms with Gasteiger partial charge in [-0.3, -0.25) is 9.89 Å². The Labute approximate surface area is 148 Å². The number of ether oxygens (including phenoxy) is 2. The molecule has 8 nitrogen and oxygen atoms in total. The Hall–Kier alpha value is -3.81. The first-order valence-corrected chi connectivity index (χ1v) is 7.77. The molecule has 1 amide bonds. The summed E-state index contributed by atoms with van der Waals surface area (Å²) >= 11 is 0. The number of aromatic nitrogens is 2. The molecule has 0 saturated carbocycles. The van der Waals surface area contributed by atoms with E-state index in [-0.39, 0.29) is 18.2 Å². The smallest absolute Gasteiger partial charge is 0.289 e. The van der Waals surface area contributed by atoms with Gasteiger partial charge in [0.2, 0.25) is 6.79 Å². The number of nitrogens with one attached hydrogen (secondary N) is 2. The van der Waals surface area contributed by atoms with Crippen molar-refractivity contribution in [2.24, 2.45) is 5.10 Å². The van der Waals surface area contributed by atoms with Crippen molar-refractivity contribution in [3.05, 3.63) is 59.8 Å². The third-order valence-electron chi connectivity index (χ3n) is 3.80. The molecule has 1 aliphatic heterocycles. The van der Waals surface area contributed by atoms with Gasteiger partial charge >= 0.3 is 0 Å². The average Bonchev–Trinajstić information content (AvgIpc) is 3.32. The maximum Gasteiger partial charge on any atom is 0.289 e. The number of amides is 1. The van der Waals surface area contributed by atoms with Gasteiger partial charge in [0.1, 0.15) is 11.4 Å². The Bertz CT molecular complexity index is 996. The number of H-pyrrole nitrogens is 1. The standard InChI is InChI=1S/C18H14N4O4/c23-15-4-2-1-3-12(15)9-19-22-18(24)14-8-13(20-21-14)11-5-6-16-17(7-11)26-10-25-16/h1-9,23H,10H2,(H,20,21)(H,22,24)/b19-9-. The Morgan fingerprint density at radius 3 is 2.92 bits per heavy atom. The third-order valence-corrected chi connectivity index (χ3v) is 3.80. The fourth-order valence-corrected chi connectivity index (χ4v) is 2.46. The van der Waals surface area contributed by atoms with Crippen molar-refractivity contribution >= 4 is 12.1 Å². The molecule has 3 N–H and O–H groups in total. The number of para-hydroxylation sites is 1. The Morgan fingerprint density at radius 2 is 2.04 bits per heavy atom. The van der Waals surface area contributed by atoms with E-state index >= 15 is 0 Å². The molecule has 2 heterocycles. The molecule has 3 aromatic rings. The molecule has 8 heteroatoms. The van der Waals surface area contributed by atoms with E-state index in [2.05, 4.69) is 20.7 Å². The second-order valence-electron chi connectivity index (χ2n) is 5.49. The largest absolute Gasteiger partial charge is 0.507 e. The number of fused-ring (bicyclic) bond motifs is 1. The van der Waals surface area contributed by atoms with Crippen LogP contribution < -0.4 is 14.9 Å². The van der Waals surface area contributed by atoms with Crippen LogP contribution in [0.2, 0.25) is 0 Å². The number of rotatable bonds is 4. The summed E-state index contributed by atoms with van der Waals surface area (Å²) in [6.45, 7) is 0.196. The van der Waals surface area contributed by atoms with Gasteiger partial charge in [0, 0.05) is 11.1 Å². The van der Waals surface area contributed by atoms with Crippen LogP contribution >= 0.6 is 0 Å². The monoisotopic (exact) mass is 350 g/mol. The summed E-state index contributed by atoms with van der Waals surface area (Å²) in [6, 6.07) is 13.7. The SMILES string of the molecule is O=C(N/N=C\c1ccccc1O)c1cc(-c2ccc3c(c2)OCO3)n[nH]1. The molecule has 0 spiro atoms. The highest BCUT2D eigenvalue weighted by atomic mass is 16.7. The maximum absolute atomic E-state index is 12.1. The number of phenols is 1. The minimum Gasteiger partial charge on any atom is -0.507 e. The van der Waals surface area contributed by atoms with Crippen LogP contribution in [-0.2, 0) is 0 Å². The summed E-state index contributed by atoms with van der Waals surface area (Å²) in [5.41, 5.74) is 4.53. The first kappa shape index (κ1) is 15.7. The number of phenolic OH excluding ortho intramolecular Hbond substituents is 1. The number of hydrogen-bond acceptors (Lipinski definition) is 6. The predicted molar refractivity (Wildman–Crippen MR) is 93.3 cm³/mol. The van der Waals surface area contributed by atoms with Gasteiger partial charge < -0.3 is 14.6 Å². The highest BCUT2D eigenvalue weighted by molar-refractivity contribution is 5.94. The lowest BCUT2D eigenvalue weighted by molar-refractivity contribution is 0.0950. The van der Waals surface area contributed by atoms with E-state index in [0.29, 0.717) is 22.8 Å². The molecule has 0 atom stereocenters. The molecule has 0 saturated heterocycles. The number of carbonyl (C=O) groups excluding carboxylic acids is 1. The molecule has 26 heavy (non-hydrogen) atoms. The zero-order valence-electron chi connectivity index (χ0n) is 13.5. The summed E-state index contributed by atoms with van der Waals surface area (Å²) in [5, 5.41) is 20.3. The molecule has 0 fully saturated rings. The molecule has 0 unspecified atom stereocenters. The number of hydrogen-bond donors (Lipinski definition) is 3. The summed E-state index contributed by atoms with van der Waals surface area (Å²) < 4.78 is 10.6. The van der Waals surface area contributed by atoms with E-state index in [1.807, 2.05) is 6.07 Å². The van der Waals surface area contributed by atoms with Gasteiger partial charge in [-0.2, -0.15) is 10.2 Å². The molecular weight excluding hydrogens is 336 g/mol. The lowest BCUT2D eigenvalue weighted by Crippen LogP contribution is -2.18. The van der Waals surface area contributed by atoms with Gasteiger partial charge in [0.15, 0.2) is 11.5 Å². The van der Waals surface area contributed by atoms with Crippen molar-refractivity contribution in [2.45, 2.75) is 0 Å². The van der Waals surface area contributed by atoms with Gasteiger partial charge in [-0.1, -0.05) is 12.1 Å². The first-order chi connectivity index (χ1) is 12.7. The second kappa shape index (κ2) is 6.60. The molecule has 2 aromatic carbocycles. The van der Waals surface area contributed by atoms with Gasteiger partial charge in [-0.25, -0.2) is 5.43 Å². The van der Waals surface area contributed by atoms with Crippen LogP contribution in [0.5, 0.6) is 17.2 Å². The van der Waals surface area contributed by atoms with Gasteiger partial charge in [0.25, 0.3) is 5.91 Å². The zero-order chi connectivity index (χ0) is 17.9. The molecule has 0 aliphatic carbocycles. The Balaban J connectivity index is 1.46. The fourth-order valence-electron chi connectivity index (χ4n) is 2.46.